The number of amides is 2. The summed E-state index contributed by atoms with van der Waals surface area (Å²) in [6.07, 6.45) is 65.1. The zero-order chi connectivity index (χ0) is 57.3. The number of hydrogen-bond acceptors (Lipinski definition) is 8. The van der Waals surface area contributed by atoms with Gasteiger partial charge >= 0.3 is 0 Å². The number of aliphatic hydroxyl groups excluding tert-OH is 4. The first-order chi connectivity index (χ1) is 37.9. The van der Waals surface area contributed by atoms with Crippen molar-refractivity contribution in [2.75, 3.05) is 39.3 Å². The fraction of sp³-hybridized carbons (Fsp3) is 0.618. The number of carbonyl (C=O) groups excluding carboxylic acids is 2. The van der Waals surface area contributed by atoms with Gasteiger partial charge in [0.1, 0.15) is 12.1 Å². The first-order valence-electron chi connectivity index (χ1n) is 30.5. The first kappa shape index (κ1) is 71.6. The lowest BCUT2D eigenvalue weighted by Crippen LogP contribution is -2.61. The van der Waals surface area contributed by atoms with E-state index in [4.69, 9.17) is 0 Å². The number of unbranched alkanes of at least 4 members (excludes halogenated alkanes) is 2. The van der Waals surface area contributed by atoms with Crippen LogP contribution in [-0.2, 0) is 9.59 Å². The van der Waals surface area contributed by atoms with Crippen molar-refractivity contribution >= 4 is 11.8 Å². The van der Waals surface area contributed by atoms with Crippen molar-refractivity contribution < 1.29 is 30.0 Å². The smallest absolute Gasteiger partial charge is 0.243 e. The predicted octanol–water partition coefficient (Wildman–Crippen LogP) is 13.5. The summed E-state index contributed by atoms with van der Waals surface area (Å²) in [5.74, 6) is -0.496. The standard InChI is InChI=1S/C68H112N4O6/c1-8-13-17-21-25-29-33-37-41-49-61(73)54-71(57-66(76)60(12-5)48-40-36-32-28-24-20-16-11-4)52-44-42-50-62-67(77)70-63(68(78)69-62)51-43-45-53-72(55-64(74)58(6)46-38-34-30-26-22-18-14-9-2)56-65(75)59(7)47-39-35-31-27-23-19-15-10-3/h13-20,25-32,37-41,46-48,58-66,73-76H,8-12,21-24,33-36,42-45,49-57H2,1-7H3,(H,69,78)(H,70,77)/b17-13-,18-14-,19-15-,20-16-,29-25-,30-26-,31-27-,32-28-,41-37-,46-38-,47-39-,48-40-. The summed E-state index contributed by atoms with van der Waals surface area (Å²) in [6, 6.07) is -1.23. The van der Waals surface area contributed by atoms with Gasteiger partial charge in [0, 0.05) is 43.9 Å². The molecular formula is C68H112N4O6. The Morgan fingerprint density at radius 2 is 0.731 bits per heavy atom. The Kier molecular flexibility index (Phi) is 45.5. The molecule has 1 saturated heterocycles. The Balaban J connectivity index is 2.89. The van der Waals surface area contributed by atoms with Crippen LogP contribution in [0.2, 0.25) is 0 Å². The summed E-state index contributed by atoms with van der Waals surface area (Å²) >= 11 is 0. The van der Waals surface area contributed by atoms with E-state index in [2.05, 4.69) is 195 Å². The number of nitrogens with one attached hydrogen (secondary N) is 2. The predicted molar refractivity (Wildman–Crippen MR) is 333 cm³/mol. The fourth-order valence-electron chi connectivity index (χ4n) is 9.03. The van der Waals surface area contributed by atoms with Gasteiger partial charge in [-0.05, 0) is 142 Å². The molecule has 1 fully saturated rings. The maximum Gasteiger partial charge on any atom is 0.243 e. The Morgan fingerprint density at radius 3 is 1.10 bits per heavy atom. The Hall–Kier alpha value is -4.42. The molecule has 1 heterocycles. The minimum atomic E-state index is -0.621. The molecule has 0 aromatic rings. The summed E-state index contributed by atoms with van der Waals surface area (Å²) in [5, 5.41) is 51.3. The number of nitrogens with zero attached hydrogens (tertiary/aromatic N) is 2. The molecule has 0 spiro atoms. The highest BCUT2D eigenvalue weighted by Crippen LogP contribution is 2.18. The fourth-order valence-corrected chi connectivity index (χ4v) is 9.03. The van der Waals surface area contributed by atoms with Crippen LogP contribution >= 0.6 is 0 Å². The summed E-state index contributed by atoms with van der Waals surface area (Å²) in [4.78, 5) is 31.1. The van der Waals surface area contributed by atoms with Crippen LogP contribution in [0.5, 0.6) is 0 Å². The maximum absolute atomic E-state index is 13.4. The summed E-state index contributed by atoms with van der Waals surface area (Å²) in [6.45, 7) is 17.6. The Bertz CT molecular complexity index is 1820. The van der Waals surface area contributed by atoms with Gasteiger partial charge in [-0.1, -0.05) is 194 Å². The topological polar surface area (TPSA) is 146 Å². The molecule has 10 heteroatoms. The molecule has 0 aromatic carbocycles. The van der Waals surface area contributed by atoms with Crippen molar-refractivity contribution in [3.63, 3.8) is 0 Å². The van der Waals surface area contributed by atoms with Crippen molar-refractivity contribution in [3.05, 3.63) is 146 Å². The quantitative estimate of drug-likeness (QED) is 0.0261. The lowest BCUT2D eigenvalue weighted by Gasteiger charge is -2.31. The number of piperazine rings is 1. The van der Waals surface area contributed by atoms with Crippen molar-refractivity contribution in [2.45, 2.75) is 213 Å². The molecule has 0 aliphatic carbocycles. The molecule has 0 aromatic heterocycles. The van der Waals surface area contributed by atoms with Crippen LogP contribution in [0.3, 0.4) is 0 Å². The lowest BCUT2D eigenvalue weighted by molar-refractivity contribution is -0.137. The third kappa shape index (κ3) is 38.2. The van der Waals surface area contributed by atoms with Gasteiger partial charge in [0.15, 0.2) is 0 Å². The van der Waals surface area contributed by atoms with Crippen LogP contribution in [-0.4, -0.2) is 118 Å². The minimum absolute atomic E-state index is 0.0133. The molecule has 9 atom stereocenters. The third-order valence-corrected chi connectivity index (χ3v) is 14.0. The van der Waals surface area contributed by atoms with E-state index in [0.717, 1.165) is 96.3 Å². The largest absolute Gasteiger partial charge is 0.391 e. The van der Waals surface area contributed by atoms with Gasteiger partial charge in [0.25, 0.3) is 0 Å². The highest BCUT2D eigenvalue weighted by atomic mass is 16.3. The molecular weight excluding hydrogens is 969 g/mol. The number of hydrogen-bond donors (Lipinski definition) is 6. The van der Waals surface area contributed by atoms with E-state index in [1.165, 1.54) is 0 Å². The van der Waals surface area contributed by atoms with Gasteiger partial charge in [-0.3, -0.25) is 19.4 Å². The molecule has 1 aliphatic heterocycles. The Labute approximate surface area is 476 Å². The van der Waals surface area contributed by atoms with Crippen LogP contribution in [0.25, 0.3) is 0 Å². The maximum atomic E-state index is 13.4. The van der Waals surface area contributed by atoms with Crippen molar-refractivity contribution in [1.82, 2.24) is 20.4 Å². The molecule has 0 bridgehead atoms. The Morgan fingerprint density at radius 1 is 0.410 bits per heavy atom. The van der Waals surface area contributed by atoms with Crippen molar-refractivity contribution in [1.29, 1.82) is 0 Å². The van der Waals surface area contributed by atoms with Crippen LogP contribution in [0.15, 0.2) is 146 Å². The second-order valence-electron chi connectivity index (χ2n) is 21.1. The molecule has 440 valence electrons. The van der Waals surface area contributed by atoms with Gasteiger partial charge in [-0.25, -0.2) is 0 Å². The normalized spacial score (nSPS) is 19.0. The monoisotopic (exact) mass is 1080 g/mol. The molecule has 1 rings (SSSR count). The second-order valence-corrected chi connectivity index (χ2v) is 21.1. The van der Waals surface area contributed by atoms with Gasteiger partial charge in [0.2, 0.25) is 11.8 Å². The third-order valence-electron chi connectivity index (χ3n) is 14.0. The van der Waals surface area contributed by atoms with Crippen molar-refractivity contribution in [3.8, 4) is 0 Å². The van der Waals surface area contributed by atoms with Crippen molar-refractivity contribution in [2.24, 2.45) is 17.8 Å². The molecule has 2 amide bonds. The highest BCUT2D eigenvalue weighted by molar-refractivity contribution is 5.96. The second kappa shape index (κ2) is 49.6. The van der Waals surface area contributed by atoms with E-state index in [9.17, 15) is 30.0 Å². The van der Waals surface area contributed by atoms with Crippen LogP contribution < -0.4 is 10.6 Å². The summed E-state index contributed by atoms with van der Waals surface area (Å²) < 4.78 is 0. The van der Waals surface area contributed by atoms with Gasteiger partial charge in [-0.2, -0.15) is 0 Å². The first-order valence-corrected chi connectivity index (χ1v) is 30.5. The van der Waals surface area contributed by atoms with E-state index in [1.54, 1.807) is 0 Å². The minimum Gasteiger partial charge on any atom is -0.391 e. The number of aliphatic hydroxyl groups is 4. The molecule has 78 heavy (non-hydrogen) atoms. The lowest BCUT2D eigenvalue weighted by atomic mass is 9.97. The van der Waals surface area contributed by atoms with E-state index in [-0.39, 0.29) is 29.6 Å². The number of allylic oxidation sites excluding steroid dienone is 20. The molecule has 6 N–H and O–H groups in total. The van der Waals surface area contributed by atoms with Gasteiger partial charge in [-0.15, -0.1) is 0 Å². The van der Waals surface area contributed by atoms with Crippen LogP contribution in [0.4, 0.5) is 0 Å². The summed E-state index contributed by atoms with van der Waals surface area (Å²) in [7, 11) is 0. The average Bonchev–Trinajstić information content (AvgIpc) is 3.42. The van der Waals surface area contributed by atoms with Gasteiger partial charge < -0.3 is 31.1 Å². The average molecular weight is 1080 g/mol. The van der Waals surface area contributed by atoms with Gasteiger partial charge in [0.05, 0.1) is 24.4 Å². The van der Waals surface area contributed by atoms with Crippen LogP contribution in [0.1, 0.15) is 177 Å². The molecule has 0 saturated carbocycles. The van der Waals surface area contributed by atoms with E-state index in [0.29, 0.717) is 71.4 Å². The number of carbonyl (C=O) groups is 2. The highest BCUT2D eigenvalue weighted by Gasteiger charge is 2.33. The molecule has 10 nitrogen and oxygen atoms in total. The van der Waals surface area contributed by atoms with E-state index < -0.39 is 36.5 Å². The van der Waals surface area contributed by atoms with E-state index >= 15 is 0 Å². The SMILES string of the molecule is CC/C=C\C/C=C\C/C=C\CC(O)CN(CCCCC1NC(=O)C(CCCCN(CC(O)C(C)/C=C\C/C=C\C/C=C\CC)CC(O)C(C)/C=C\C/C=C\C/C=C\CC)NC1=O)CC(O)C(/C=C\C/C=C\C/C=C\CC)CC. The molecule has 0 radical (unpaired) electrons. The molecule has 9 unspecified atom stereocenters. The molecule has 1 aliphatic rings. The zero-order valence-corrected chi connectivity index (χ0v) is 49.9. The van der Waals surface area contributed by atoms with E-state index in [1.807, 2.05) is 19.9 Å². The number of rotatable bonds is 47. The zero-order valence-electron chi connectivity index (χ0n) is 49.9. The summed E-state index contributed by atoms with van der Waals surface area (Å²) in [5.41, 5.74) is 0. The van der Waals surface area contributed by atoms with Crippen LogP contribution in [0, 0.1) is 17.8 Å².